The Morgan fingerprint density at radius 2 is 1.58 bits per heavy atom. The van der Waals surface area contributed by atoms with Crippen molar-refractivity contribution < 1.29 is 28.6 Å². The van der Waals surface area contributed by atoms with Gasteiger partial charge in [0.25, 0.3) is 0 Å². The highest BCUT2D eigenvalue weighted by Gasteiger charge is 2.18. The number of aliphatic hydroxyl groups is 1. The van der Waals surface area contributed by atoms with E-state index in [1.54, 1.807) is 31.3 Å². The number of tetrazole rings is 1. The second-order valence-electron chi connectivity index (χ2n) is 7.17. The van der Waals surface area contributed by atoms with Crippen LogP contribution in [-0.2, 0) is 16.6 Å². The van der Waals surface area contributed by atoms with Gasteiger partial charge in [0.1, 0.15) is 23.8 Å². The van der Waals surface area contributed by atoms with Crippen LogP contribution in [0.4, 0.5) is 8.78 Å². The van der Waals surface area contributed by atoms with E-state index in [-0.39, 0.29) is 0 Å². The third-order valence-electron chi connectivity index (χ3n) is 4.67. The molecule has 1 aromatic heterocycles. The standard InChI is InChI=1S/C23H20F2N4O4/c1-29-23(26-27-28-29)20(11-10-18(30)12-19(31)13-21(32)33)22(14-2-6-16(24)7-3-14)15-4-8-17(25)9-5-15/h2-11,18,30H,12-13H2,1H3,(H,32,33). The Labute approximate surface area is 187 Å². The van der Waals surface area contributed by atoms with Gasteiger partial charge in [-0.2, -0.15) is 0 Å². The zero-order chi connectivity index (χ0) is 24.0. The molecule has 0 saturated heterocycles. The zero-order valence-electron chi connectivity index (χ0n) is 17.5. The number of rotatable bonds is 9. The maximum atomic E-state index is 13.6. The van der Waals surface area contributed by atoms with Crippen LogP contribution in [0.25, 0.3) is 11.1 Å². The van der Waals surface area contributed by atoms with E-state index < -0.39 is 42.3 Å². The number of ketones is 1. The van der Waals surface area contributed by atoms with Gasteiger partial charge >= 0.3 is 5.97 Å². The molecule has 0 fully saturated rings. The number of carboxylic acids is 1. The monoisotopic (exact) mass is 454 g/mol. The van der Waals surface area contributed by atoms with Gasteiger partial charge in [-0.25, -0.2) is 13.5 Å². The lowest BCUT2D eigenvalue weighted by molar-refractivity contribution is -0.140. The summed E-state index contributed by atoms with van der Waals surface area (Å²) >= 11 is 0. The Balaban J connectivity index is 2.14. The summed E-state index contributed by atoms with van der Waals surface area (Å²) in [4.78, 5) is 22.4. The number of aromatic nitrogens is 4. The van der Waals surface area contributed by atoms with Crippen molar-refractivity contribution in [2.24, 2.45) is 7.05 Å². The van der Waals surface area contributed by atoms with E-state index in [9.17, 15) is 23.5 Å². The quantitative estimate of drug-likeness (QED) is 0.377. The number of aryl methyl sites for hydroxylation is 1. The SMILES string of the molecule is Cn1nnnc1C(C=CC(O)CC(=O)CC(=O)O)=C(c1ccc(F)cc1)c1ccc(F)cc1. The molecule has 0 radical (unpaired) electrons. The van der Waals surface area contributed by atoms with Gasteiger partial charge in [-0.1, -0.05) is 36.4 Å². The molecule has 0 amide bonds. The first-order chi connectivity index (χ1) is 15.7. The first-order valence-corrected chi connectivity index (χ1v) is 9.83. The molecule has 2 N–H and O–H groups in total. The van der Waals surface area contributed by atoms with Crippen LogP contribution in [0.3, 0.4) is 0 Å². The summed E-state index contributed by atoms with van der Waals surface area (Å²) in [5.41, 5.74) is 2.07. The molecule has 170 valence electrons. The van der Waals surface area contributed by atoms with Crippen LogP contribution < -0.4 is 0 Å². The normalized spacial score (nSPS) is 12.0. The molecule has 3 rings (SSSR count). The highest BCUT2D eigenvalue weighted by atomic mass is 19.1. The molecule has 8 nitrogen and oxygen atoms in total. The van der Waals surface area contributed by atoms with Crippen molar-refractivity contribution in [1.82, 2.24) is 20.2 Å². The van der Waals surface area contributed by atoms with Crippen LogP contribution in [0.1, 0.15) is 29.8 Å². The minimum absolute atomic E-state index is 0.291. The second-order valence-corrected chi connectivity index (χ2v) is 7.17. The van der Waals surface area contributed by atoms with E-state index in [0.717, 1.165) is 0 Å². The Morgan fingerprint density at radius 1 is 1.03 bits per heavy atom. The number of hydrogen-bond donors (Lipinski definition) is 2. The maximum absolute atomic E-state index is 13.6. The van der Waals surface area contributed by atoms with E-state index in [1.165, 1.54) is 41.1 Å². The molecule has 1 unspecified atom stereocenters. The maximum Gasteiger partial charge on any atom is 0.310 e. The minimum atomic E-state index is -1.28. The Morgan fingerprint density at radius 3 is 2.03 bits per heavy atom. The van der Waals surface area contributed by atoms with Crippen molar-refractivity contribution in [3.63, 3.8) is 0 Å². The number of benzene rings is 2. The van der Waals surface area contributed by atoms with Gasteiger partial charge in [0.15, 0.2) is 5.82 Å². The van der Waals surface area contributed by atoms with Gasteiger partial charge in [0.05, 0.1) is 6.10 Å². The Kier molecular flexibility index (Phi) is 7.52. The largest absolute Gasteiger partial charge is 0.481 e. The van der Waals surface area contributed by atoms with E-state index >= 15 is 0 Å². The van der Waals surface area contributed by atoms with E-state index in [4.69, 9.17) is 5.11 Å². The topological polar surface area (TPSA) is 118 Å². The molecule has 1 heterocycles. The van der Waals surface area contributed by atoms with Crippen molar-refractivity contribution in [3.8, 4) is 0 Å². The predicted molar refractivity (Wildman–Crippen MR) is 115 cm³/mol. The van der Waals surface area contributed by atoms with Crippen LogP contribution in [0.15, 0.2) is 60.7 Å². The number of aliphatic hydroxyl groups excluding tert-OH is 1. The van der Waals surface area contributed by atoms with Gasteiger partial charge in [-0.05, 0) is 51.4 Å². The second kappa shape index (κ2) is 10.5. The van der Waals surface area contributed by atoms with Crippen molar-refractivity contribution in [2.45, 2.75) is 18.9 Å². The fraction of sp³-hybridized carbons (Fsp3) is 0.174. The Bertz CT molecular complexity index is 1150. The number of carboxylic acid groups (broad SMARTS) is 1. The summed E-state index contributed by atoms with van der Waals surface area (Å²) in [5, 5.41) is 30.5. The molecule has 0 aliphatic carbocycles. The summed E-state index contributed by atoms with van der Waals surface area (Å²) in [5.74, 6) is -2.51. The van der Waals surface area contributed by atoms with E-state index in [2.05, 4.69) is 15.5 Å². The molecule has 3 aromatic rings. The van der Waals surface area contributed by atoms with Crippen LogP contribution in [0, 0.1) is 11.6 Å². The highest BCUT2D eigenvalue weighted by molar-refractivity contribution is 6.01. The van der Waals surface area contributed by atoms with E-state index in [1.807, 2.05) is 0 Å². The number of hydrogen-bond acceptors (Lipinski definition) is 6. The van der Waals surface area contributed by atoms with Gasteiger partial charge in [-0.3, -0.25) is 9.59 Å². The minimum Gasteiger partial charge on any atom is -0.481 e. The first kappa shape index (κ1) is 23.6. The lowest BCUT2D eigenvalue weighted by Crippen LogP contribution is -2.14. The third kappa shape index (κ3) is 6.23. The van der Waals surface area contributed by atoms with Crippen molar-refractivity contribution >= 4 is 22.9 Å². The van der Waals surface area contributed by atoms with Crippen molar-refractivity contribution in [1.29, 1.82) is 0 Å². The summed E-state index contributed by atoms with van der Waals surface area (Å²) in [6, 6.07) is 11.3. The summed E-state index contributed by atoms with van der Waals surface area (Å²) in [6.07, 6.45) is 0.450. The van der Waals surface area contributed by atoms with Crippen LogP contribution in [-0.4, -0.2) is 48.3 Å². The molecule has 0 spiro atoms. The molecule has 0 aliphatic rings. The summed E-state index contributed by atoms with van der Waals surface area (Å²) in [7, 11) is 1.60. The molecule has 0 saturated carbocycles. The molecular weight excluding hydrogens is 434 g/mol. The van der Waals surface area contributed by atoms with Gasteiger partial charge in [-0.15, -0.1) is 5.10 Å². The van der Waals surface area contributed by atoms with Crippen LogP contribution >= 0.6 is 0 Å². The van der Waals surface area contributed by atoms with Crippen molar-refractivity contribution in [3.05, 3.63) is 89.3 Å². The number of allylic oxidation sites excluding steroid dienone is 2. The fourth-order valence-corrected chi connectivity index (χ4v) is 3.19. The number of Topliss-reactive ketones (excluding diaryl/α,β-unsaturated/α-hetero) is 1. The van der Waals surface area contributed by atoms with E-state index in [0.29, 0.717) is 28.1 Å². The average molecular weight is 454 g/mol. The van der Waals surface area contributed by atoms with Gasteiger partial charge in [0, 0.05) is 19.0 Å². The smallest absolute Gasteiger partial charge is 0.310 e. The van der Waals surface area contributed by atoms with Crippen LogP contribution in [0.2, 0.25) is 0 Å². The third-order valence-corrected chi connectivity index (χ3v) is 4.67. The van der Waals surface area contributed by atoms with Crippen molar-refractivity contribution in [2.75, 3.05) is 0 Å². The van der Waals surface area contributed by atoms with Crippen LogP contribution in [0.5, 0.6) is 0 Å². The fourth-order valence-electron chi connectivity index (χ4n) is 3.19. The van der Waals surface area contributed by atoms with Gasteiger partial charge in [0.2, 0.25) is 0 Å². The summed E-state index contributed by atoms with van der Waals surface area (Å²) in [6.45, 7) is 0. The number of carbonyl (C=O) groups excluding carboxylic acids is 1. The highest BCUT2D eigenvalue weighted by Crippen LogP contribution is 2.32. The molecule has 2 aromatic carbocycles. The molecule has 10 heteroatoms. The molecule has 33 heavy (non-hydrogen) atoms. The number of halogens is 2. The molecular formula is C23H20F2N4O4. The summed E-state index contributed by atoms with van der Waals surface area (Å²) < 4.78 is 28.6. The van der Waals surface area contributed by atoms with Gasteiger partial charge < -0.3 is 10.2 Å². The zero-order valence-corrected chi connectivity index (χ0v) is 17.5. The number of nitrogens with zero attached hydrogens (tertiary/aromatic N) is 4. The number of carbonyl (C=O) groups is 2. The first-order valence-electron chi connectivity index (χ1n) is 9.83. The predicted octanol–water partition coefficient (Wildman–Crippen LogP) is 2.80. The lowest BCUT2D eigenvalue weighted by Gasteiger charge is -2.14. The Hall–Kier alpha value is -4.05. The number of aliphatic carboxylic acids is 1. The molecule has 0 aliphatic heterocycles. The average Bonchev–Trinajstić information content (AvgIpc) is 3.18. The lowest BCUT2D eigenvalue weighted by atomic mass is 9.91. The molecule has 0 bridgehead atoms. The molecule has 1 atom stereocenters.